The van der Waals surface area contributed by atoms with Gasteiger partial charge in [0, 0.05) is 22.2 Å². The molecule has 1 aliphatic rings. The number of hydrogen-bond donors (Lipinski definition) is 1. The quantitative estimate of drug-likeness (QED) is 0.678. The van der Waals surface area contributed by atoms with Crippen molar-refractivity contribution < 1.29 is 14.3 Å². The zero-order valence-corrected chi connectivity index (χ0v) is 16.4. The topological polar surface area (TPSA) is 79.4 Å². The van der Waals surface area contributed by atoms with Crippen molar-refractivity contribution in [1.82, 2.24) is 9.78 Å². The molecule has 0 spiro atoms. The van der Waals surface area contributed by atoms with E-state index < -0.39 is 5.91 Å². The van der Waals surface area contributed by atoms with Crippen LogP contribution in [0.25, 0.3) is 16.9 Å². The van der Waals surface area contributed by atoms with Crippen LogP contribution in [-0.2, 0) is 6.61 Å². The minimum Gasteiger partial charge on any atom is -0.497 e. The predicted octanol–water partition coefficient (Wildman–Crippen LogP) is 4.27. The first-order valence-electron chi connectivity index (χ1n) is 7.68. The molecule has 2 N–H and O–H groups in total. The summed E-state index contributed by atoms with van der Waals surface area (Å²) in [7, 11) is 1.58. The van der Waals surface area contributed by atoms with Crippen LogP contribution >= 0.6 is 35.6 Å². The van der Waals surface area contributed by atoms with Gasteiger partial charge in [-0.3, -0.25) is 4.79 Å². The number of carbonyl (C=O) groups is 1. The summed E-state index contributed by atoms with van der Waals surface area (Å²) in [6.45, 7) is 0.166. The summed E-state index contributed by atoms with van der Waals surface area (Å²) in [4.78, 5) is 11.9. The average molecular weight is 427 g/mol. The van der Waals surface area contributed by atoms with Gasteiger partial charge in [0.1, 0.15) is 18.1 Å². The number of amides is 1. The Bertz CT molecular complexity index is 1050. The number of rotatable bonds is 3. The van der Waals surface area contributed by atoms with Gasteiger partial charge < -0.3 is 15.2 Å². The van der Waals surface area contributed by atoms with E-state index in [0.29, 0.717) is 38.5 Å². The number of carbonyl (C=O) groups excluding carboxylic acids is 1. The second kappa shape index (κ2) is 7.31. The maximum atomic E-state index is 11.9. The molecule has 2 heterocycles. The van der Waals surface area contributed by atoms with E-state index in [2.05, 4.69) is 5.10 Å². The Kier molecular flexibility index (Phi) is 5.24. The molecule has 140 valence electrons. The fraction of sp³-hybridized carbons (Fsp3) is 0.111. The van der Waals surface area contributed by atoms with Gasteiger partial charge in [-0.25, -0.2) is 4.68 Å². The zero-order valence-electron chi connectivity index (χ0n) is 14.0. The number of nitrogens with zero attached hydrogens (tertiary/aromatic N) is 2. The molecule has 0 unspecified atom stereocenters. The molecule has 0 saturated heterocycles. The van der Waals surface area contributed by atoms with Crippen molar-refractivity contribution in [3.8, 4) is 28.4 Å². The van der Waals surface area contributed by atoms with Crippen LogP contribution in [0.2, 0.25) is 10.0 Å². The summed E-state index contributed by atoms with van der Waals surface area (Å²) in [6.07, 6.45) is 0. The summed E-state index contributed by atoms with van der Waals surface area (Å²) in [5.41, 5.74) is 8.32. The summed E-state index contributed by atoms with van der Waals surface area (Å²) in [5.74, 6) is 0.655. The first kappa shape index (κ1) is 19.4. The Morgan fingerprint density at radius 1 is 1.26 bits per heavy atom. The van der Waals surface area contributed by atoms with Gasteiger partial charge in [0.05, 0.1) is 23.5 Å². The normalized spacial score (nSPS) is 11.7. The molecule has 0 bridgehead atoms. The van der Waals surface area contributed by atoms with Crippen LogP contribution in [-0.4, -0.2) is 22.8 Å². The lowest BCUT2D eigenvalue weighted by Gasteiger charge is -2.20. The molecule has 0 atom stereocenters. The molecule has 6 nitrogen and oxygen atoms in total. The monoisotopic (exact) mass is 425 g/mol. The highest BCUT2D eigenvalue weighted by Crippen LogP contribution is 2.42. The van der Waals surface area contributed by atoms with E-state index in [1.165, 1.54) is 0 Å². The van der Waals surface area contributed by atoms with E-state index in [-0.39, 0.29) is 24.7 Å². The van der Waals surface area contributed by atoms with E-state index >= 15 is 0 Å². The third kappa shape index (κ3) is 3.20. The Morgan fingerprint density at radius 2 is 2.04 bits per heavy atom. The van der Waals surface area contributed by atoms with E-state index in [0.717, 1.165) is 5.56 Å². The van der Waals surface area contributed by atoms with Crippen LogP contribution in [0.1, 0.15) is 16.1 Å². The van der Waals surface area contributed by atoms with Crippen molar-refractivity contribution in [3.63, 3.8) is 0 Å². The second-order valence-corrected chi connectivity index (χ2v) is 6.54. The van der Waals surface area contributed by atoms with Gasteiger partial charge in [-0.05, 0) is 30.3 Å². The van der Waals surface area contributed by atoms with Crippen molar-refractivity contribution in [2.45, 2.75) is 6.61 Å². The smallest absolute Gasteiger partial charge is 0.269 e. The van der Waals surface area contributed by atoms with Crippen LogP contribution in [0.15, 0.2) is 36.4 Å². The Balaban J connectivity index is 0.00000210. The first-order valence-corrected chi connectivity index (χ1v) is 8.43. The van der Waals surface area contributed by atoms with Crippen molar-refractivity contribution in [2.24, 2.45) is 5.73 Å². The van der Waals surface area contributed by atoms with Gasteiger partial charge in [0.25, 0.3) is 5.91 Å². The number of fused-ring (bicyclic) bond motifs is 3. The average Bonchev–Trinajstić information content (AvgIpc) is 3.01. The molecule has 2 aromatic carbocycles. The van der Waals surface area contributed by atoms with E-state index in [1.807, 2.05) is 12.1 Å². The third-order valence-corrected chi connectivity index (χ3v) is 4.71. The number of primary amides is 1. The van der Waals surface area contributed by atoms with Crippen LogP contribution in [0.5, 0.6) is 11.5 Å². The first-order chi connectivity index (χ1) is 12.5. The van der Waals surface area contributed by atoms with E-state index in [4.69, 9.17) is 38.4 Å². The van der Waals surface area contributed by atoms with Crippen LogP contribution < -0.4 is 15.2 Å². The van der Waals surface area contributed by atoms with Gasteiger partial charge in [0.15, 0.2) is 5.69 Å². The SMILES string of the molecule is COc1ccc2c(c1)OCc1c(C(N)=O)nn(-c3ccc(Cl)cc3Cl)c1-2.Cl. The van der Waals surface area contributed by atoms with Gasteiger partial charge >= 0.3 is 0 Å². The molecule has 9 heteroatoms. The number of nitrogens with two attached hydrogens (primary N) is 1. The lowest BCUT2D eigenvalue weighted by molar-refractivity contribution is 0.0992. The highest BCUT2D eigenvalue weighted by Gasteiger charge is 2.30. The zero-order chi connectivity index (χ0) is 18.4. The molecule has 0 saturated carbocycles. The van der Waals surface area contributed by atoms with Crippen molar-refractivity contribution in [2.75, 3.05) is 7.11 Å². The van der Waals surface area contributed by atoms with E-state index in [1.54, 1.807) is 36.1 Å². The molecule has 1 aromatic heterocycles. The van der Waals surface area contributed by atoms with Crippen molar-refractivity contribution in [1.29, 1.82) is 0 Å². The molecule has 1 amide bonds. The third-order valence-electron chi connectivity index (χ3n) is 4.17. The minimum absolute atomic E-state index is 0. The molecular formula is C18H14Cl3N3O3. The van der Waals surface area contributed by atoms with Crippen molar-refractivity contribution >= 4 is 41.5 Å². The molecule has 1 aliphatic heterocycles. The van der Waals surface area contributed by atoms with Gasteiger partial charge in [-0.2, -0.15) is 5.10 Å². The number of aromatic nitrogens is 2. The highest BCUT2D eigenvalue weighted by molar-refractivity contribution is 6.35. The van der Waals surface area contributed by atoms with E-state index in [9.17, 15) is 4.79 Å². The largest absolute Gasteiger partial charge is 0.497 e. The fourth-order valence-corrected chi connectivity index (χ4v) is 3.47. The van der Waals surface area contributed by atoms with Crippen LogP contribution in [0.4, 0.5) is 0 Å². The predicted molar refractivity (Wildman–Crippen MR) is 106 cm³/mol. The molecule has 0 aliphatic carbocycles. The number of ether oxygens (including phenoxy) is 2. The standard InChI is InChI=1S/C18H13Cl2N3O3.ClH/c1-25-10-3-4-11-15(7-10)26-8-12-16(18(21)24)22-23(17(11)12)14-5-2-9(19)6-13(14)20;/h2-7H,8H2,1H3,(H2,21,24);1H. The summed E-state index contributed by atoms with van der Waals surface area (Å²) in [5, 5.41) is 5.30. The molecule has 3 aromatic rings. The minimum atomic E-state index is -0.634. The second-order valence-electron chi connectivity index (χ2n) is 5.70. The lowest BCUT2D eigenvalue weighted by atomic mass is 10.0. The molecule has 4 rings (SSSR count). The Hall–Kier alpha value is -2.41. The molecule has 27 heavy (non-hydrogen) atoms. The molecular weight excluding hydrogens is 413 g/mol. The summed E-state index contributed by atoms with van der Waals surface area (Å²) < 4.78 is 12.6. The van der Waals surface area contributed by atoms with Crippen molar-refractivity contribution in [3.05, 3.63) is 57.7 Å². The van der Waals surface area contributed by atoms with Gasteiger partial charge in [-0.1, -0.05) is 23.2 Å². The maximum absolute atomic E-state index is 11.9. The fourth-order valence-electron chi connectivity index (χ4n) is 2.98. The number of hydrogen-bond acceptors (Lipinski definition) is 4. The number of benzene rings is 2. The van der Waals surface area contributed by atoms with Gasteiger partial charge in [0.2, 0.25) is 0 Å². The van der Waals surface area contributed by atoms with Gasteiger partial charge in [-0.15, -0.1) is 12.4 Å². The van der Waals surface area contributed by atoms with Crippen LogP contribution in [0, 0.1) is 0 Å². The highest BCUT2D eigenvalue weighted by atomic mass is 35.5. The molecule has 0 fully saturated rings. The number of methoxy groups -OCH3 is 1. The molecule has 0 radical (unpaired) electrons. The number of halogens is 3. The lowest BCUT2D eigenvalue weighted by Crippen LogP contribution is -2.16. The van der Waals surface area contributed by atoms with Crippen LogP contribution in [0.3, 0.4) is 0 Å². The Labute approximate surface area is 171 Å². The maximum Gasteiger partial charge on any atom is 0.269 e. The summed E-state index contributed by atoms with van der Waals surface area (Å²) in [6, 6.07) is 10.5. The Morgan fingerprint density at radius 3 is 2.70 bits per heavy atom. The summed E-state index contributed by atoms with van der Waals surface area (Å²) >= 11 is 12.4.